The van der Waals surface area contributed by atoms with E-state index in [9.17, 15) is 9.59 Å². The molecular formula is C12H18O6Si. The molecular weight excluding hydrogens is 268 g/mol. The Hall–Kier alpha value is -1.41. The molecule has 6 nitrogen and oxygen atoms in total. The van der Waals surface area contributed by atoms with E-state index >= 15 is 0 Å². The number of furan rings is 1. The van der Waals surface area contributed by atoms with Crippen molar-refractivity contribution in [2.24, 2.45) is 0 Å². The highest BCUT2D eigenvalue weighted by Crippen LogP contribution is 2.10. The standard InChI is InChI=1S/C12H18O6Si/c1-15-19(14,16-2)10-4-9-18-12(13)7-6-11-5-3-8-17-11/h3,5-8,14H,4,9-10H2,1-2H3/b7-6+. The van der Waals surface area contributed by atoms with Crippen molar-refractivity contribution in [3.8, 4) is 0 Å². The minimum absolute atomic E-state index is 0.198. The van der Waals surface area contributed by atoms with Crippen LogP contribution in [0.15, 0.2) is 28.9 Å². The van der Waals surface area contributed by atoms with Crippen molar-refractivity contribution in [2.75, 3.05) is 20.8 Å². The molecule has 0 atom stereocenters. The first-order valence-electron chi connectivity index (χ1n) is 5.80. The normalized spacial score (nSPS) is 11.9. The fourth-order valence-corrected chi connectivity index (χ4v) is 2.51. The summed E-state index contributed by atoms with van der Waals surface area (Å²) in [7, 11) is -0.262. The third-order valence-electron chi connectivity index (χ3n) is 2.45. The van der Waals surface area contributed by atoms with E-state index in [0.29, 0.717) is 18.2 Å². The van der Waals surface area contributed by atoms with Crippen molar-refractivity contribution in [1.29, 1.82) is 0 Å². The first-order valence-corrected chi connectivity index (χ1v) is 7.78. The molecule has 0 aliphatic rings. The maximum Gasteiger partial charge on any atom is 0.497 e. The van der Waals surface area contributed by atoms with Crippen LogP contribution < -0.4 is 0 Å². The molecule has 0 aliphatic heterocycles. The summed E-state index contributed by atoms with van der Waals surface area (Å²) in [6, 6.07) is 3.80. The summed E-state index contributed by atoms with van der Waals surface area (Å²) in [6.07, 6.45) is 4.81. The number of ether oxygens (including phenoxy) is 1. The zero-order valence-corrected chi connectivity index (χ0v) is 12.0. The summed E-state index contributed by atoms with van der Waals surface area (Å²) < 4.78 is 19.8. The Kier molecular flexibility index (Phi) is 6.50. The second-order valence-corrected chi connectivity index (χ2v) is 6.48. The molecule has 0 saturated heterocycles. The van der Waals surface area contributed by atoms with Crippen LogP contribution in [0.2, 0.25) is 6.04 Å². The van der Waals surface area contributed by atoms with Gasteiger partial charge in [-0.1, -0.05) is 0 Å². The van der Waals surface area contributed by atoms with Crippen LogP contribution in [-0.4, -0.2) is 40.4 Å². The van der Waals surface area contributed by atoms with E-state index in [1.807, 2.05) is 0 Å². The van der Waals surface area contributed by atoms with Crippen molar-refractivity contribution >= 4 is 20.8 Å². The van der Waals surface area contributed by atoms with Gasteiger partial charge in [-0.25, -0.2) is 4.79 Å². The molecule has 0 spiro atoms. The van der Waals surface area contributed by atoms with Crippen molar-refractivity contribution in [2.45, 2.75) is 12.5 Å². The molecule has 1 aromatic rings. The zero-order valence-electron chi connectivity index (χ0n) is 11.0. The second-order valence-electron chi connectivity index (χ2n) is 3.74. The van der Waals surface area contributed by atoms with Crippen molar-refractivity contribution in [1.82, 2.24) is 0 Å². The molecule has 0 amide bonds. The smallest absolute Gasteiger partial charge is 0.465 e. The summed E-state index contributed by atoms with van der Waals surface area (Å²) in [5.74, 6) is 0.119. The maximum atomic E-state index is 11.3. The lowest BCUT2D eigenvalue weighted by molar-refractivity contribution is -0.137. The average Bonchev–Trinajstić information content (AvgIpc) is 2.94. The number of hydrogen-bond acceptors (Lipinski definition) is 6. The fourth-order valence-electron chi connectivity index (χ4n) is 1.34. The van der Waals surface area contributed by atoms with Crippen LogP contribution in [0.4, 0.5) is 0 Å². The summed E-state index contributed by atoms with van der Waals surface area (Å²) in [6.45, 7) is 0.198. The van der Waals surface area contributed by atoms with Crippen molar-refractivity contribution in [3.05, 3.63) is 30.2 Å². The molecule has 0 bridgehead atoms. The number of carbonyl (C=O) groups excluding carboxylic acids is 1. The number of hydrogen-bond donors (Lipinski definition) is 1. The van der Waals surface area contributed by atoms with E-state index < -0.39 is 14.8 Å². The van der Waals surface area contributed by atoms with Crippen LogP contribution in [0.1, 0.15) is 12.2 Å². The third-order valence-corrected chi connectivity index (χ3v) is 4.71. The van der Waals surface area contributed by atoms with Gasteiger partial charge in [0.05, 0.1) is 12.9 Å². The molecule has 7 heteroatoms. The van der Waals surface area contributed by atoms with Gasteiger partial charge in [0.2, 0.25) is 0 Å². The van der Waals surface area contributed by atoms with Gasteiger partial charge in [0, 0.05) is 26.3 Å². The van der Waals surface area contributed by atoms with Crippen molar-refractivity contribution in [3.63, 3.8) is 0 Å². The Bertz CT molecular complexity index is 396. The van der Waals surface area contributed by atoms with Crippen LogP contribution in [0.5, 0.6) is 0 Å². The predicted molar refractivity (Wildman–Crippen MR) is 70.1 cm³/mol. The first kappa shape index (κ1) is 15.6. The molecule has 0 aromatic carbocycles. The van der Waals surface area contributed by atoms with E-state index in [1.165, 1.54) is 32.6 Å². The highest BCUT2D eigenvalue weighted by molar-refractivity contribution is 6.59. The Morgan fingerprint density at radius 3 is 2.79 bits per heavy atom. The van der Waals surface area contributed by atoms with Crippen LogP contribution in [0.25, 0.3) is 6.08 Å². The Balaban J connectivity index is 2.21. The Morgan fingerprint density at radius 1 is 1.47 bits per heavy atom. The van der Waals surface area contributed by atoms with Gasteiger partial charge < -0.3 is 22.8 Å². The fraction of sp³-hybridized carbons (Fsp3) is 0.417. The van der Waals surface area contributed by atoms with Gasteiger partial charge in [-0.15, -0.1) is 0 Å². The zero-order chi connectivity index (χ0) is 14.1. The number of carbonyl (C=O) groups is 1. The monoisotopic (exact) mass is 286 g/mol. The molecule has 0 unspecified atom stereocenters. The molecule has 1 N–H and O–H groups in total. The topological polar surface area (TPSA) is 78.1 Å². The first-order chi connectivity index (χ1) is 9.09. The molecule has 1 heterocycles. The number of rotatable bonds is 8. The quantitative estimate of drug-likeness (QED) is 0.337. The summed E-state index contributed by atoms with van der Waals surface area (Å²) >= 11 is 0. The van der Waals surface area contributed by atoms with E-state index in [0.717, 1.165) is 0 Å². The van der Waals surface area contributed by atoms with Gasteiger partial charge in [0.25, 0.3) is 0 Å². The Morgan fingerprint density at radius 2 is 2.21 bits per heavy atom. The van der Waals surface area contributed by atoms with E-state index in [4.69, 9.17) is 18.0 Å². The third kappa shape index (κ3) is 5.84. The molecule has 0 aliphatic carbocycles. The van der Waals surface area contributed by atoms with Crippen LogP contribution in [-0.2, 0) is 18.4 Å². The van der Waals surface area contributed by atoms with Gasteiger partial charge >= 0.3 is 14.8 Å². The lowest BCUT2D eigenvalue weighted by Gasteiger charge is -2.19. The number of esters is 1. The maximum absolute atomic E-state index is 11.3. The van der Waals surface area contributed by atoms with E-state index in [2.05, 4.69) is 0 Å². The van der Waals surface area contributed by atoms with E-state index in [-0.39, 0.29) is 6.61 Å². The average molecular weight is 286 g/mol. The van der Waals surface area contributed by atoms with Crippen LogP contribution in [0, 0.1) is 0 Å². The van der Waals surface area contributed by atoms with Gasteiger partial charge in [-0.3, -0.25) is 0 Å². The summed E-state index contributed by atoms with van der Waals surface area (Å²) in [5, 5.41) is 0. The molecule has 1 aromatic heterocycles. The van der Waals surface area contributed by atoms with Gasteiger partial charge in [-0.2, -0.15) is 0 Å². The molecule has 1 rings (SSSR count). The summed E-state index contributed by atoms with van der Waals surface area (Å²) in [5.41, 5.74) is 0. The molecule has 0 saturated carbocycles. The second kappa shape index (κ2) is 7.90. The molecule has 106 valence electrons. The lowest BCUT2D eigenvalue weighted by atomic mass is 10.4. The van der Waals surface area contributed by atoms with Crippen LogP contribution >= 0.6 is 0 Å². The molecule has 0 fully saturated rings. The summed E-state index contributed by atoms with van der Waals surface area (Å²) in [4.78, 5) is 21.1. The lowest BCUT2D eigenvalue weighted by Crippen LogP contribution is -2.40. The minimum Gasteiger partial charge on any atom is -0.465 e. The van der Waals surface area contributed by atoms with Crippen molar-refractivity contribution < 1.29 is 27.6 Å². The van der Waals surface area contributed by atoms with Crippen LogP contribution in [0.3, 0.4) is 0 Å². The van der Waals surface area contributed by atoms with Gasteiger partial charge in [-0.05, 0) is 24.6 Å². The highest BCUT2D eigenvalue weighted by atomic mass is 28.4. The highest BCUT2D eigenvalue weighted by Gasteiger charge is 2.33. The predicted octanol–water partition coefficient (Wildman–Crippen LogP) is 1.45. The van der Waals surface area contributed by atoms with Gasteiger partial charge in [0.1, 0.15) is 5.76 Å². The van der Waals surface area contributed by atoms with Gasteiger partial charge in [0.15, 0.2) is 0 Å². The largest absolute Gasteiger partial charge is 0.497 e. The van der Waals surface area contributed by atoms with E-state index in [1.54, 1.807) is 12.1 Å². The molecule has 19 heavy (non-hydrogen) atoms. The SMILES string of the molecule is CO[Si](O)(CCCOC(=O)/C=C/c1ccco1)OC. The molecule has 0 radical (unpaired) electrons. The minimum atomic E-state index is -3.06. The Labute approximate surface area is 113 Å².